The monoisotopic (exact) mass is 408 g/mol. The van der Waals surface area contributed by atoms with Crippen molar-refractivity contribution in [3.63, 3.8) is 0 Å². The van der Waals surface area contributed by atoms with Crippen LogP contribution >= 0.6 is 0 Å². The lowest BCUT2D eigenvalue weighted by molar-refractivity contribution is 0.359. The molecule has 0 aliphatic heterocycles. The van der Waals surface area contributed by atoms with Gasteiger partial charge in [-0.25, -0.2) is 0 Å². The Morgan fingerprint density at radius 2 is 1.53 bits per heavy atom. The summed E-state index contributed by atoms with van der Waals surface area (Å²) in [7, 11) is 1.00. The normalized spacial score (nSPS) is 11.5. The Bertz CT molecular complexity index is 776. The zero-order valence-corrected chi connectivity index (χ0v) is 19.6. The van der Waals surface area contributed by atoms with Crippen LogP contribution in [-0.2, 0) is 18.3 Å². The highest BCUT2D eigenvalue weighted by atomic mass is 16.5. The summed E-state index contributed by atoms with van der Waals surface area (Å²) in [5.74, 6) is 0.910. The molecule has 0 spiro atoms. The lowest BCUT2D eigenvalue weighted by atomic mass is 9.73. The van der Waals surface area contributed by atoms with Gasteiger partial charge in [0.1, 0.15) is 12.4 Å². The van der Waals surface area contributed by atoms with Crippen molar-refractivity contribution >= 4 is 0 Å². The predicted octanol–water partition coefficient (Wildman–Crippen LogP) is 7.06. The van der Waals surface area contributed by atoms with Gasteiger partial charge in [-0.15, -0.1) is 13.2 Å². The first-order valence-electron chi connectivity index (χ1n) is 10.7. The van der Waals surface area contributed by atoms with E-state index in [4.69, 9.17) is 9.84 Å². The molecule has 0 amide bonds. The number of allylic oxidation sites excluding steroid dienone is 2. The molecule has 2 nitrogen and oxygen atoms in total. The number of aliphatic hydroxyl groups is 1. The number of benzene rings is 2. The van der Waals surface area contributed by atoms with Crippen LogP contribution in [0.3, 0.4) is 0 Å². The van der Waals surface area contributed by atoms with Gasteiger partial charge in [-0.3, -0.25) is 0 Å². The summed E-state index contributed by atoms with van der Waals surface area (Å²) in [6.07, 6.45) is 8.35. The first-order chi connectivity index (χ1) is 14.6. The minimum absolute atomic E-state index is 0.0515. The first kappa shape index (κ1) is 27.4. The number of hydrogen-bond acceptors (Lipinski definition) is 2. The number of hydrogen-bond donors (Lipinski definition) is 1. The molecule has 1 atom stereocenters. The molecule has 2 heteroatoms. The fraction of sp³-hybridized carbons (Fsp3) is 0.357. The van der Waals surface area contributed by atoms with Gasteiger partial charge in [-0.1, -0.05) is 88.9 Å². The Balaban J connectivity index is 0.00000198. The van der Waals surface area contributed by atoms with Crippen LogP contribution in [0, 0.1) is 0 Å². The van der Waals surface area contributed by atoms with E-state index in [0.29, 0.717) is 6.61 Å². The summed E-state index contributed by atoms with van der Waals surface area (Å²) in [5, 5.41) is 7.00. The van der Waals surface area contributed by atoms with Gasteiger partial charge in [0.05, 0.1) is 0 Å². The Kier molecular flexibility index (Phi) is 14.0. The lowest BCUT2D eigenvalue weighted by Crippen LogP contribution is -2.23. The van der Waals surface area contributed by atoms with Crippen molar-refractivity contribution in [1.29, 1.82) is 0 Å². The zero-order valence-electron chi connectivity index (χ0n) is 19.6. The van der Waals surface area contributed by atoms with Crippen LogP contribution in [-0.4, -0.2) is 18.8 Å². The Hall–Kier alpha value is -2.58. The summed E-state index contributed by atoms with van der Waals surface area (Å²) in [6, 6.07) is 15.4. The minimum Gasteiger partial charge on any atom is -0.489 e. The molecule has 2 aromatic rings. The summed E-state index contributed by atoms with van der Waals surface area (Å²) in [4.78, 5) is 0. The Morgan fingerprint density at radius 1 is 0.900 bits per heavy atom. The molecule has 0 fully saturated rings. The maximum atomic E-state index is 7.00. The smallest absolute Gasteiger partial charge is 0.123 e. The highest BCUT2D eigenvalue weighted by molar-refractivity contribution is 5.46. The van der Waals surface area contributed by atoms with Crippen molar-refractivity contribution in [3.8, 4) is 5.75 Å². The van der Waals surface area contributed by atoms with Gasteiger partial charge in [-0.05, 0) is 47.6 Å². The lowest BCUT2D eigenvalue weighted by Gasteiger charge is -2.31. The number of aliphatic hydroxyl groups excluding tert-OH is 1. The standard InChI is InChI=1S/C25H30O.C2H6.CH4O/c1-6-11-20-13-10-14-22(18-20)25(5,9-4)23-15-16-24(26-17-8-3)21(19-23)12-7-2;2*1-2/h6-8,10,13-16,18-19H,1-3,9,11-12,17H2,4-5H3;1-2H3;2H,1H3. The van der Waals surface area contributed by atoms with Gasteiger partial charge in [0.15, 0.2) is 0 Å². The minimum atomic E-state index is -0.0515. The average Bonchev–Trinajstić information content (AvgIpc) is 2.81. The van der Waals surface area contributed by atoms with Crippen molar-refractivity contribution in [1.82, 2.24) is 0 Å². The average molecular weight is 409 g/mol. The van der Waals surface area contributed by atoms with Crippen molar-refractivity contribution < 1.29 is 9.84 Å². The van der Waals surface area contributed by atoms with Gasteiger partial charge in [0.2, 0.25) is 0 Å². The van der Waals surface area contributed by atoms with Crippen molar-refractivity contribution in [3.05, 3.63) is 103 Å². The van der Waals surface area contributed by atoms with Gasteiger partial charge in [0.25, 0.3) is 0 Å². The molecule has 164 valence electrons. The van der Waals surface area contributed by atoms with E-state index in [-0.39, 0.29) is 5.41 Å². The molecule has 0 aromatic heterocycles. The van der Waals surface area contributed by atoms with Gasteiger partial charge >= 0.3 is 0 Å². The van der Waals surface area contributed by atoms with Gasteiger partial charge < -0.3 is 9.84 Å². The summed E-state index contributed by atoms with van der Waals surface area (Å²) < 4.78 is 5.82. The topological polar surface area (TPSA) is 29.5 Å². The van der Waals surface area contributed by atoms with Gasteiger partial charge in [-0.2, -0.15) is 0 Å². The van der Waals surface area contributed by atoms with Crippen LogP contribution in [0.2, 0.25) is 0 Å². The SMILES string of the molecule is C=CCOc1ccc(C(C)(CC)c2cccc(CC=C)c2)cc1CC=C.CC.CO. The van der Waals surface area contributed by atoms with Crippen molar-refractivity contribution in [2.75, 3.05) is 13.7 Å². The number of rotatable bonds is 10. The molecule has 0 bridgehead atoms. The second kappa shape index (κ2) is 15.3. The Labute approximate surface area is 184 Å². The molecule has 30 heavy (non-hydrogen) atoms. The third kappa shape index (κ3) is 7.35. The van der Waals surface area contributed by atoms with E-state index in [1.165, 1.54) is 22.3 Å². The first-order valence-corrected chi connectivity index (χ1v) is 10.7. The largest absolute Gasteiger partial charge is 0.489 e. The van der Waals surface area contributed by atoms with E-state index in [9.17, 15) is 0 Å². The van der Waals surface area contributed by atoms with Crippen LogP contribution in [0.25, 0.3) is 0 Å². The van der Waals surface area contributed by atoms with E-state index in [2.05, 4.69) is 76.0 Å². The molecule has 0 aliphatic carbocycles. The molecular weight excluding hydrogens is 368 g/mol. The van der Waals surface area contributed by atoms with Crippen molar-refractivity contribution in [2.24, 2.45) is 0 Å². The third-order valence-electron chi connectivity index (χ3n) is 5.07. The molecule has 0 heterocycles. The second-order valence-electron chi connectivity index (χ2n) is 6.79. The van der Waals surface area contributed by atoms with Crippen LogP contribution in [0.4, 0.5) is 0 Å². The molecule has 2 aromatic carbocycles. The van der Waals surface area contributed by atoms with E-state index >= 15 is 0 Å². The maximum Gasteiger partial charge on any atom is 0.123 e. The molecule has 0 radical (unpaired) electrons. The summed E-state index contributed by atoms with van der Waals surface area (Å²) >= 11 is 0. The molecule has 2 rings (SSSR count). The summed E-state index contributed by atoms with van der Waals surface area (Å²) in [5.41, 5.74) is 5.06. The third-order valence-corrected chi connectivity index (χ3v) is 5.07. The molecule has 0 saturated carbocycles. The van der Waals surface area contributed by atoms with Crippen LogP contribution in [0.1, 0.15) is 56.4 Å². The second-order valence-corrected chi connectivity index (χ2v) is 6.79. The number of ether oxygens (including phenoxy) is 1. The van der Waals surface area contributed by atoms with E-state index in [1.807, 2.05) is 26.0 Å². The molecule has 1 unspecified atom stereocenters. The molecule has 0 aliphatic rings. The van der Waals surface area contributed by atoms with E-state index in [1.54, 1.807) is 6.08 Å². The molecule has 0 saturated heterocycles. The van der Waals surface area contributed by atoms with Crippen LogP contribution in [0.5, 0.6) is 5.75 Å². The molecular formula is C28H40O2. The highest BCUT2D eigenvalue weighted by Crippen LogP contribution is 2.37. The van der Waals surface area contributed by atoms with Crippen molar-refractivity contribution in [2.45, 2.75) is 52.4 Å². The quantitative estimate of drug-likeness (QED) is 0.426. The van der Waals surface area contributed by atoms with Crippen LogP contribution < -0.4 is 4.74 Å². The van der Waals surface area contributed by atoms with E-state index in [0.717, 1.165) is 32.1 Å². The maximum absolute atomic E-state index is 7.00. The zero-order chi connectivity index (χ0) is 23.0. The summed E-state index contributed by atoms with van der Waals surface area (Å²) in [6.45, 7) is 20.6. The van der Waals surface area contributed by atoms with Gasteiger partial charge in [0, 0.05) is 12.5 Å². The fourth-order valence-corrected chi connectivity index (χ4v) is 3.31. The van der Waals surface area contributed by atoms with E-state index < -0.39 is 0 Å². The molecule has 1 N–H and O–H groups in total. The highest BCUT2D eigenvalue weighted by Gasteiger charge is 2.28. The van der Waals surface area contributed by atoms with Crippen LogP contribution in [0.15, 0.2) is 80.4 Å². The predicted molar refractivity (Wildman–Crippen MR) is 133 cm³/mol. The Morgan fingerprint density at radius 3 is 2.10 bits per heavy atom. The fourth-order valence-electron chi connectivity index (χ4n) is 3.31.